The molecule has 1 fully saturated rings. The SMILES string of the molecule is Cc1ccc(NC(=O)CNC2CCOC2=O)cc1. The molecule has 5 heteroatoms. The first kappa shape index (κ1) is 12.6. The molecular formula is C13H16N2O3. The average Bonchev–Trinajstić information content (AvgIpc) is 2.75. The van der Waals surface area contributed by atoms with Crippen LogP contribution in [-0.2, 0) is 14.3 Å². The van der Waals surface area contributed by atoms with Gasteiger partial charge in [0, 0.05) is 12.1 Å². The van der Waals surface area contributed by atoms with Crippen LogP contribution in [-0.4, -0.2) is 31.1 Å². The lowest BCUT2D eigenvalue weighted by Crippen LogP contribution is -2.38. The molecule has 1 aliphatic rings. The number of rotatable bonds is 4. The number of esters is 1. The van der Waals surface area contributed by atoms with Crippen molar-refractivity contribution < 1.29 is 14.3 Å². The molecule has 1 aromatic carbocycles. The maximum absolute atomic E-state index is 11.6. The van der Waals surface area contributed by atoms with Gasteiger partial charge < -0.3 is 10.1 Å². The van der Waals surface area contributed by atoms with Gasteiger partial charge in [0.05, 0.1) is 13.2 Å². The van der Waals surface area contributed by atoms with Gasteiger partial charge >= 0.3 is 5.97 Å². The quantitative estimate of drug-likeness (QED) is 0.775. The van der Waals surface area contributed by atoms with E-state index in [1.165, 1.54) is 0 Å². The van der Waals surface area contributed by atoms with Gasteiger partial charge in [0.2, 0.25) is 5.91 Å². The predicted octanol–water partition coefficient (Wildman–Crippen LogP) is 0.839. The summed E-state index contributed by atoms with van der Waals surface area (Å²) >= 11 is 0. The van der Waals surface area contributed by atoms with E-state index in [1.54, 1.807) is 0 Å². The highest BCUT2D eigenvalue weighted by Crippen LogP contribution is 2.08. The molecule has 0 spiro atoms. The zero-order valence-electron chi connectivity index (χ0n) is 10.2. The van der Waals surface area contributed by atoms with E-state index in [2.05, 4.69) is 10.6 Å². The summed E-state index contributed by atoms with van der Waals surface area (Å²) in [5, 5.41) is 5.63. The third-order valence-corrected chi connectivity index (χ3v) is 2.78. The Labute approximate surface area is 106 Å². The van der Waals surface area contributed by atoms with E-state index in [0.717, 1.165) is 11.3 Å². The highest BCUT2D eigenvalue weighted by Gasteiger charge is 2.26. The van der Waals surface area contributed by atoms with Crippen molar-refractivity contribution >= 4 is 17.6 Å². The van der Waals surface area contributed by atoms with Crippen molar-refractivity contribution in [2.24, 2.45) is 0 Å². The maximum Gasteiger partial charge on any atom is 0.323 e. The van der Waals surface area contributed by atoms with Crippen LogP contribution in [0, 0.1) is 6.92 Å². The lowest BCUT2D eigenvalue weighted by Gasteiger charge is -2.09. The minimum Gasteiger partial charge on any atom is -0.464 e. The third kappa shape index (κ3) is 3.30. The molecule has 1 amide bonds. The second kappa shape index (κ2) is 5.64. The number of benzene rings is 1. The molecule has 1 aromatic rings. The van der Waals surface area contributed by atoms with Crippen LogP contribution in [0.25, 0.3) is 0 Å². The van der Waals surface area contributed by atoms with Crippen molar-refractivity contribution in [3.05, 3.63) is 29.8 Å². The summed E-state index contributed by atoms with van der Waals surface area (Å²) in [5.41, 5.74) is 1.89. The summed E-state index contributed by atoms with van der Waals surface area (Å²) in [6.07, 6.45) is 0.622. The van der Waals surface area contributed by atoms with Crippen LogP contribution < -0.4 is 10.6 Å². The number of carbonyl (C=O) groups excluding carboxylic acids is 2. The molecule has 1 unspecified atom stereocenters. The number of anilines is 1. The fourth-order valence-electron chi connectivity index (χ4n) is 1.74. The van der Waals surface area contributed by atoms with E-state index < -0.39 is 0 Å². The fraction of sp³-hybridized carbons (Fsp3) is 0.385. The monoisotopic (exact) mass is 248 g/mol. The van der Waals surface area contributed by atoms with Crippen LogP contribution in [0.5, 0.6) is 0 Å². The zero-order chi connectivity index (χ0) is 13.0. The van der Waals surface area contributed by atoms with E-state index in [0.29, 0.717) is 13.0 Å². The van der Waals surface area contributed by atoms with E-state index in [1.807, 2.05) is 31.2 Å². The van der Waals surface area contributed by atoms with Crippen LogP contribution in [0.3, 0.4) is 0 Å². The van der Waals surface area contributed by atoms with Crippen molar-refractivity contribution in [2.45, 2.75) is 19.4 Å². The molecule has 0 bridgehead atoms. The Morgan fingerprint density at radius 2 is 2.11 bits per heavy atom. The van der Waals surface area contributed by atoms with Gasteiger partial charge in [-0.15, -0.1) is 0 Å². The Morgan fingerprint density at radius 3 is 2.72 bits per heavy atom. The molecule has 2 rings (SSSR count). The van der Waals surface area contributed by atoms with Crippen molar-refractivity contribution in [3.8, 4) is 0 Å². The summed E-state index contributed by atoms with van der Waals surface area (Å²) in [7, 11) is 0. The molecule has 0 aromatic heterocycles. The molecule has 0 saturated carbocycles. The Balaban J connectivity index is 1.78. The van der Waals surface area contributed by atoms with Crippen molar-refractivity contribution in [1.29, 1.82) is 0 Å². The largest absolute Gasteiger partial charge is 0.464 e. The standard InChI is InChI=1S/C13H16N2O3/c1-9-2-4-10(5-3-9)15-12(16)8-14-11-6-7-18-13(11)17/h2-5,11,14H,6-8H2,1H3,(H,15,16). The first-order valence-corrected chi connectivity index (χ1v) is 5.92. The van der Waals surface area contributed by atoms with Crippen molar-refractivity contribution in [3.63, 3.8) is 0 Å². The van der Waals surface area contributed by atoms with Gasteiger partial charge in [-0.2, -0.15) is 0 Å². The number of hydrogen-bond acceptors (Lipinski definition) is 4. The number of carbonyl (C=O) groups is 2. The Hall–Kier alpha value is -1.88. The first-order valence-electron chi connectivity index (χ1n) is 5.92. The molecular weight excluding hydrogens is 232 g/mol. The maximum atomic E-state index is 11.6. The summed E-state index contributed by atoms with van der Waals surface area (Å²) < 4.78 is 4.80. The summed E-state index contributed by atoms with van der Waals surface area (Å²) in [4.78, 5) is 22.8. The lowest BCUT2D eigenvalue weighted by atomic mass is 10.2. The number of nitrogens with one attached hydrogen (secondary N) is 2. The van der Waals surface area contributed by atoms with E-state index >= 15 is 0 Å². The molecule has 2 N–H and O–H groups in total. The van der Waals surface area contributed by atoms with Gasteiger partial charge in [0.25, 0.3) is 0 Å². The van der Waals surface area contributed by atoms with E-state index in [4.69, 9.17) is 4.74 Å². The van der Waals surface area contributed by atoms with Gasteiger partial charge in [0.1, 0.15) is 6.04 Å². The molecule has 0 radical (unpaired) electrons. The van der Waals surface area contributed by atoms with Gasteiger partial charge in [-0.25, -0.2) is 0 Å². The van der Waals surface area contributed by atoms with Gasteiger partial charge in [0.15, 0.2) is 0 Å². The molecule has 1 heterocycles. The summed E-state index contributed by atoms with van der Waals surface area (Å²) in [6.45, 7) is 2.52. The number of amides is 1. The second-order valence-electron chi connectivity index (χ2n) is 4.30. The molecule has 1 atom stereocenters. The second-order valence-corrected chi connectivity index (χ2v) is 4.30. The minimum absolute atomic E-state index is 0.105. The summed E-state index contributed by atoms with van der Waals surface area (Å²) in [5.74, 6) is -0.448. The molecule has 5 nitrogen and oxygen atoms in total. The highest BCUT2D eigenvalue weighted by atomic mass is 16.5. The smallest absolute Gasteiger partial charge is 0.323 e. The zero-order valence-corrected chi connectivity index (χ0v) is 10.2. The fourth-order valence-corrected chi connectivity index (χ4v) is 1.74. The third-order valence-electron chi connectivity index (χ3n) is 2.78. The van der Waals surface area contributed by atoms with Crippen molar-refractivity contribution in [2.75, 3.05) is 18.5 Å². The molecule has 1 aliphatic heterocycles. The molecule has 18 heavy (non-hydrogen) atoms. The Bertz CT molecular complexity index is 442. The minimum atomic E-state index is -0.353. The van der Waals surface area contributed by atoms with Crippen LogP contribution in [0.4, 0.5) is 5.69 Å². The van der Waals surface area contributed by atoms with E-state index in [-0.39, 0.29) is 24.5 Å². The highest BCUT2D eigenvalue weighted by molar-refractivity contribution is 5.92. The van der Waals surface area contributed by atoms with E-state index in [9.17, 15) is 9.59 Å². The Kier molecular flexibility index (Phi) is 3.94. The Morgan fingerprint density at radius 1 is 1.39 bits per heavy atom. The van der Waals surface area contributed by atoms with Crippen LogP contribution in [0.1, 0.15) is 12.0 Å². The first-order chi connectivity index (χ1) is 8.65. The molecule has 1 saturated heterocycles. The van der Waals surface area contributed by atoms with Crippen molar-refractivity contribution in [1.82, 2.24) is 5.32 Å². The number of cyclic esters (lactones) is 1. The predicted molar refractivity (Wildman–Crippen MR) is 67.2 cm³/mol. The molecule has 0 aliphatic carbocycles. The topological polar surface area (TPSA) is 67.4 Å². The van der Waals surface area contributed by atoms with Gasteiger partial charge in [-0.3, -0.25) is 14.9 Å². The van der Waals surface area contributed by atoms with Crippen LogP contribution in [0.15, 0.2) is 24.3 Å². The number of aryl methyl sites for hydroxylation is 1. The average molecular weight is 248 g/mol. The molecule has 96 valence electrons. The number of ether oxygens (including phenoxy) is 1. The normalized spacial score (nSPS) is 18.5. The van der Waals surface area contributed by atoms with Gasteiger partial charge in [-0.05, 0) is 19.1 Å². The van der Waals surface area contributed by atoms with Crippen LogP contribution >= 0.6 is 0 Å². The number of hydrogen-bond donors (Lipinski definition) is 2. The van der Waals surface area contributed by atoms with Gasteiger partial charge in [-0.1, -0.05) is 17.7 Å². The lowest BCUT2D eigenvalue weighted by molar-refractivity contribution is -0.139. The van der Waals surface area contributed by atoms with Crippen LogP contribution in [0.2, 0.25) is 0 Å². The summed E-state index contributed by atoms with van der Waals surface area (Å²) in [6, 6.07) is 7.19.